The van der Waals surface area contributed by atoms with Gasteiger partial charge in [-0.25, -0.2) is 4.98 Å². The van der Waals surface area contributed by atoms with Crippen LogP contribution >= 0.6 is 0 Å². The third-order valence-corrected chi connectivity index (χ3v) is 5.20. The highest BCUT2D eigenvalue weighted by molar-refractivity contribution is 6.10. The van der Waals surface area contributed by atoms with Crippen LogP contribution in [-0.4, -0.2) is 39.8 Å². The van der Waals surface area contributed by atoms with Gasteiger partial charge in [0.2, 0.25) is 0 Å². The summed E-state index contributed by atoms with van der Waals surface area (Å²) in [5, 5.41) is 22.8. The third kappa shape index (κ3) is 6.16. The Morgan fingerprint density at radius 3 is 2.38 bits per heavy atom. The molecule has 1 aromatic heterocycles. The predicted octanol–water partition coefficient (Wildman–Crippen LogP) is 3.89. The zero-order valence-electron chi connectivity index (χ0n) is 18.4. The quantitative estimate of drug-likeness (QED) is 0.393. The summed E-state index contributed by atoms with van der Waals surface area (Å²) in [6, 6.07) is 10.7. The van der Waals surface area contributed by atoms with Gasteiger partial charge in [0.05, 0.1) is 11.1 Å². The fraction of sp³-hybridized carbons (Fsp3) is 0.333. The van der Waals surface area contributed by atoms with Crippen LogP contribution in [0.5, 0.6) is 5.75 Å². The Kier molecular flexibility index (Phi) is 8.95. The number of carbonyl (C=O) groups is 2. The zero-order chi connectivity index (χ0) is 23.6. The lowest BCUT2D eigenvalue weighted by Crippen LogP contribution is -2.43. The first-order valence-electron chi connectivity index (χ1n) is 10.6. The molecule has 2 rings (SSSR count). The van der Waals surface area contributed by atoms with Crippen LogP contribution in [0.15, 0.2) is 53.8 Å². The molecule has 1 aromatic carbocycles. The van der Waals surface area contributed by atoms with Gasteiger partial charge in [0.1, 0.15) is 5.75 Å². The van der Waals surface area contributed by atoms with E-state index in [0.717, 1.165) is 5.69 Å². The Morgan fingerprint density at radius 1 is 1.19 bits per heavy atom. The number of allylic oxidation sites excluding steroid dienone is 1. The highest BCUT2D eigenvalue weighted by Crippen LogP contribution is 2.30. The van der Waals surface area contributed by atoms with Crippen LogP contribution in [0, 0.1) is 5.41 Å². The summed E-state index contributed by atoms with van der Waals surface area (Å²) in [4.78, 5) is 32.9. The van der Waals surface area contributed by atoms with Crippen molar-refractivity contribution in [2.45, 2.75) is 39.5 Å². The lowest BCUT2D eigenvalue weighted by Gasteiger charge is -2.29. The van der Waals surface area contributed by atoms with E-state index in [9.17, 15) is 19.8 Å². The first kappa shape index (κ1) is 24.6. The van der Waals surface area contributed by atoms with Gasteiger partial charge in [-0.2, -0.15) is 0 Å². The van der Waals surface area contributed by atoms with E-state index in [0.29, 0.717) is 36.8 Å². The van der Waals surface area contributed by atoms with Crippen molar-refractivity contribution in [3.63, 3.8) is 0 Å². The first-order chi connectivity index (χ1) is 15.4. The molecule has 0 bridgehead atoms. The van der Waals surface area contributed by atoms with Gasteiger partial charge in [-0.1, -0.05) is 44.9 Å². The monoisotopic (exact) mass is 438 g/mol. The molecule has 2 aromatic rings. The van der Waals surface area contributed by atoms with Crippen LogP contribution in [-0.2, 0) is 4.79 Å². The minimum absolute atomic E-state index is 0.0383. The Hall–Kier alpha value is -3.68. The van der Waals surface area contributed by atoms with Gasteiger partial charge >= 0.3 is 5.97 Å². The average molecular weight is 439 g/mol. The largest absolute Gasteiger partial charge is 0.505 e. The number of carboxylic acids is 1. The van der Waals surface area contributed by atoms with Crippen molar-refractivity contribution in [2.24, 2.45) is 16.1 Å². The number of aromatic hydroxyl groups is 1. The Labute approximate surface area is 187 Å². The lowest BCUT2D eigenvalue weighted by atomic mass is 9.79. The molecule has 0 fully saturated rings. The molecule has 0 saturated carbocycles. The minimum atomic E-state index is -1.04. The standard InChI is InChI=1S/C24H30N4O4/c1-3-10-24(11-4-2,23(31)32)16-28-22(30)21-20(29)12-17(14-27-21)18(13-25)15-26-19-8-6-5-7-9-19/h5-9,12-15,29H,3-4,10-11,16,25H2,1-2H3,(H,28,30)(H,31,32)/b18-13+,26-15?. The van der Waals surface area contributed by atoms with Gasteiger partial charge in [0.15, 0.2) is 5.69 Å². The second-order valence-electron chi connectivity index (χ2n) is 7.58. The summed E-state index contributed by atoms with van der Waals surface area (Å²) in [5.74, 6) is -1.91. The van der Waals surface area contributed by atoms with E-state index in [2.05, 4.69) is 15.3 Å². The topological polar surface area (TPSA) is 138 Å². The van der Waals surface area contributed by atoms with Crippen LogP contribution in [0.2, 0.25) is 0 Å². The molecule has 0 saturated heterocycles. The number of carbonyl (C=O) groups excluding carboxylic acids is 1. The number of hydrogen-bond donors (Lipinski definition) is 4. The van der Waals surface area contributed by atoms with Crippen molar-refractivity contribution in [1.29, 1.82) is 0 Å². The molecule has 170 valence electrons. The van der Waals surface area contributed by atoms with Crippen LogP contribution < -0.4 is 11.1 Å². The minimum Gasteiger partial charge on any atom is -0.505 e. The molecule has 0 spiro atoms. The summed E-state index contributed by atoms with van der Waals surface area (Å²) >= 11 is 0. The number of pyridine rings is 1. The number of aliphatic carboxylic acids is 1. The zero-order valence-corrected chi connectivity index (χ0v) is 18.4. The summed E-state index contributed by atoms with van der Waals surface area (Å²) in [6.45, 7) is 3.78. The number of hydrogen-bond acceptors (Lipinski definition) is 6. The maximum absolute atomic E-state index is 12.6. The van der Waals surface area contributed by atoms with Gasteiger partial charge in [0.25, 0.3) is 5.91 Å². The molecule has 1 amide bonds. The number of carboxylic acid groups (broad SMARTS) is 1. The van der Waals surface area contributed by atoms with Crippen molar-refractivity contribution >= 4 is 29.4 Å². The molecule has 0 aliphatic heterocycles. The normalized spacial score (nSPS) is 12.1. The van der Waals surface area contributed by atoms with E-state index in [1.54, 1.807) is 6.21 Å². The highest BCUT2D eigenvalue weighted by atomic mass is 16.4. The van der Waals surface area contributed by atoms with Crippen molar-refractivity contribution in [2.75, 3.05) is 6.54 Å². The first-order valence-corrected chi connectivity index (χ1v) is 10.6. The molecule has 0 aliphatic carbocycles. The Morgan fingerprint density at radius 2 is 1.84 bits per heavy atom. The van der Waals surface area contributed by atoms with Crippen LogP contribution in [0.1, 0.15) is 55.6 Å². The number of nitrogens with zero attached hydrogens (tertiary/aromatic N) is 2. The maximum atomic E-state index is 12.6. The molecule has 8 heteroatoms. The number of para-hydroxylation sites is 1. The van der Waals surface area contributed by atoms with Crippen molar-refractivity contribution in [3.8, 4) is 5.75 Å². The summed E-state index contributed by atoms with van der Waals surface area (Å²) in [7, 11) is 0. The number of benzene rings is 1. The van der Waals surface area contributed by atoms with Crippen molar-refractivity contribution in [1.82, 2.24) is 10.3 Å². The maximum Gasteiger partial charge on any atom is 0.311 e. The molecule has 1 heterocycles. The molecule has 0 radical (unpaired) electrons. The summed E-state index contributed by atoms with van der Waals surface area (Å²) in [6.07, 6.45) is 6.53. The molecule has 5 N–H and O–H groups in total. The number of amides is 1. The van der Waals surface area contributed by atoms with Crippen LogP contribution in [0.25, 0.3) is 5.57 Å². The fourth-order valence-corrected chi connectivity index (χ4v) is 3.54. The molecule has 8 nitrogen and oxygen atoms in total. The van der Waals surface area contributed by atoms with Gasteiger partial charge in [-0.15, -0.1) is 0 Å². The van der Waals surface area contributed by atoms with Gasteiger partial charge < -0.3 is 21.3 Å². The molecule has 0 aliphatic rings. The number of aromatic nitrogens is 1. The Bertz CT molecular complexity index is 981. The molecule has 0 unspecified atom stereocenters. The van der Waals surface area contributed by atoms with Crippen LogP contribution in [0.4, 0.5) is 5.69 Å². The van der Waals surface area contributed by atoms with E-state index < -0.39 is 17.3 Å². The highest BCUT2D eigenvalue weighted by Gasteiger charge is 2.37. The summed E-state index contributed by atoms with van der Waals surface area (Å²) < 4.78 is 0. The van der Waals surface area contributed by atoms with Crippen LogP contribution in [0.3, 0.4) is 0 Å². The van der Waals surface area contributed by atoms with Crippen molar-refractivity contribution in [3.05, 3.63) is 60.1 Å². The number of nitrogens with one attached hydrogen (secondary N) is 1. The molecule has 32 heavy (non-hydrogen) atoms. The SMILES string of the molecule is CCCC(CCC)(CNC(=O)c1ncc(/C(C=Nc2ccccc2)=C/N)cc1O)C(=O)O. The second-order valence-corrected chi connectivity index (χ2v) is 7.58. The number of rotatable bonds is 11. The van der Waals surface area contributed by atoms with Crippen molar-refractivity contribution < 1.29 is 19.8 Å². The van der Waals surface area contributed by atoms with E-state index in [1.165, 1.54) is 18.5 Å². The second kappa shape index (κ2) is 11.6. The molecular weight excluding hydrogens is 408 g/mol. The fourth-order valence-electron chi connectivity index (χ4n) is 3.54. The predicted molar refractivity (Wildman–Crippen MR) is 125 cm³/mol. The summed E-state index contributed by atoms with van der Waals surface area (Å²) in [5.41, 5.74) is 6.21. The van der Waals surface area contributed by atoms with Gasteiger partial charge in [-0.05, 0) is 31.0 Å². The Balaban J connectivity index is 2.17. The molecular formula is C24H30N4O4. The average Bonchev–Trinajstić information content (AvgIpc) is 2.78. The van der Waals surface area contributed by atoms with E-state index in [4.69, 9.17) is 5.73 Å². The number of nitrogens with two attached hydrogens (primary N) is 1. The van der Waals surface area contributed by atoms with Gasteiger partial charge in [-0.3, -0.25) is 14.6 Å². The van der Waals surface area contributed by atoms with E-state index in [-0.39, 0.29) is 18.0 Å². The molecule has 0 atom stereocenters. The van der Waals surface area contributed by atoms with E-state index in [1.807, 2.05) is 44.2 Å². The number of aliphatic imine (C=N–C) groups is 1. The van der Waals surface area contributed by atoms with Gasteiger partial charge in [0, 0.05) is 36.3 Å². The third-order valence-electron chi connectivity index (χ3n) is 5.20. The lowest BCUT2D eigenvalue weighted by molar-refractivity contribution is -0.149. The van der Waals surface area contributed by atoms with E-state index >= 15 is 0 Å². The smallest absolute Gasteiger partial charge is 0.311 e.